The van der Waals surface area contributed by atoms with Crippen molar-refractivity contribution >= 4 is 29.0 Å². The molecule has 1 N–H and O–H groups in total. The maximum absolute atomic E-state index is 13.9. The smallest absolute Gasteiger partial charge is 0.210 e. The van der Waals surface area contributed by atoms with E-state index in [1.807, 2.05) is 29.2 Å². The fraction of sp³-hybridized carbons (Fsp3) is 0.107. The summed E-state index contributed by atoms with van der Waals surface area (Å²) in [7, 11) is 0. The standard InChI is InChI=1S/C28H19ClN2O3/c29-18-10-6-9-17(15-18)21-22-24(27(34)20-12-5-4-11-19(20)26(22)33)31-14-13-30-28(31)23(21)25(32)16-7-2-1-3-8-16/h1-12,15,21,30H,13-14H2. The van der Waals surface area contributed by atoms with Crippen molar-refractivity contribution in [3.05, 3.63) is 129 Å². The lowest BCUT2D eigenvalue weighted by Gasteiger charge is -2.38. The third-order valence-electron chi connectivity index (χ3n) is 6.59. The number of benzene rings is 3. The van der Waals surface area contributed by atoms with E-state index >= 15 is 0 Å². The number of Topliss-reactive ketones (excluding diaryl/α,β-unsaturated/α-hetero) is 3. The third-order valence-corrected chi connectivity index (χ3v) is 6.83. The van der Waals surface area contributed by atoms with Gasteiger partial charge in [-0.1, -0.05) is 78.3 Å². The average molecular weight is 467 g/mol. The van der Waals surface area contributed by atoms with Crippen LogP contribution in [0.5, 0.6) is 0 Å². The van der Waals surface area contributed by atoms with Crippen molar-refractivity contribution in [3.63, 3.8) is 0 Å². The Balaban J connectivity index is 1.65. The van der Waals surface area contributed by atoms with E-state index < -0.39 is 5.92 Å². The highest BCUT2D eigenvalue weighted by atomic mass is 35.5. The van der Waals surface area contributed by atoms with Gasteiger partial charge in [0, 0.05) is 46.3 Å². The number of allylic oxidation sites excluding steroid dienone is 3. The molecule has 3 aromatic rings. The third kappa shape index (κ3) is 2.97. The molecule has 2 heterocycles. The molecule has 5 nitrogen and oxygen atoms in total. The highest BCUT2D eigenvalue weighted by molar-refractivity contribution is 6.31. The zero-order valence-corrected chi connectivity index (χ0v) is 18.8. The minimum Gasteiger partial charge on any atom is -0.369 e. The molecule has 0 bridgehead atoms. The molecule has 0 saturated carbocycles. The minimum atomic E-state index is -0.733. The Labute approximate surface area is 201 Å². The van der Waals surface area contributed by atoms with Crippen LogP contribution in [-0.4, -0.2) is 35.3 Å². The minimum absolute atomic E-state index is 0.189. The predicted octanol–water partition coefficient (Wildman–Crippen LogP) is 4.77. The topological polar surface area (TPSA) is 66.5 Å². The molecule has 0 spiro atoms. The summed E-state index contributed by atoms with van der Waals surface area (Å²) in [6, 6.07) is 23.0. The summed E-state index contributed by atoms with van der Waals surface area (Å²) in [5.41, 5.74) is 3.09. The molecule has 1 unspecified atom stereocenters. The molecular formula is C28H19ClN2O3. The lowest BCUT2D eigenvalue weighted by Crippen LogP contribution is -2.40. The molecule has 0 aromatic heterocycles. The molecule has 0 radical (unpaired) electrons. The summed E-state index contributed by atoms with van der Waals surface area (Å²) in [4.78, 5) is 43.4. The van der Waals surface area contributed by atoms with Gasteiger partial charge in [-0.05, 0) is 17.7 Å². The highest BCUT2D eigenvalue weighted by Gasteiger charge is 2.48. The van der Waals surface area contributed by atoms with Crippen LogP contribution in [0.25, 0.3) is 0 Å². The quantitative estimate of drug-likeness (QED) is 0.563. The summed E-state index contributed by atoms with van der Waals surface area (Å²) in [6.07, 6.45) is 0. The van der Waals surface area contributed by atoms with Gasteiger partial charge in [0.05, 0.1) is 11.3 Å². The van der Waals surface area contributed by atoms with E-state index in [0.717, 1.165) is 0 Å². The highest BCUT2D eigenvalue weighted by Crippen LogP contribution is 2.47. The van der Waals surface area contributed by atoms with E-state index in [1.165, 1.54) is 0 Å². The van der Waals surface area contributed by atoms with Gasteiger partial charge in [-0.25, -0.2) is 0 Å². The molecule has 1 atom stereocenters. The Morgan fingerprint density at radius 1 is 0.882 bits per heavy atom. The molecule has 2 aliphatic heterocycles. The molecule has 1 fully saturated rings. The van der Waals surface area contributed by atoms with Crippen molar-refractivity contribution in [2.24, 2.45) is 0 Å². The van der Waals surface area contributed by atoms with Crippen LogP contribution in [-0.2, 0) is 0 Å². The van der Waals surface area contributed by atoms with Crippen LogP contribution >= 0.6 is 11.6 Å². The molecule has 34 heavy (non-hydrogen) atoms. The fourth-order valence-electron chi connectivity index (χ4n) is 5.16. The normalized spacial score (nSPS) is 19.0. The van der Waals surface area contributed by atoms with Gasteiger partial charge < -0.3 is 10.2 Å². The largest absolute Gasteiger partial charge is 0.369 e. The first-order valence-electron chi connectivity index (χ1n) is 11.1. The number of rotatable bonds is 3. The van der Waals surface area contributed by atoms with E-state index in [2.05, 4.69) is 5.32 Å². The predicted molar refractivity (Wildman–Crippen MR) is 129 cm³/mol. The van der Waals surface area contributed by atoms with Crippen LogP contribution in [0.1, 0.15) is 42.6 Å². The number of hydrogen-bond donors (Lipinski definition) is 1. The molecule has 6 heteroatoms. The molecular weight excluding hydrogens is 448 g/mol. The van der Waals surface area contributed by atoms with Crippen molar-refractivity contribution in [3.8, 4) is 0 Å². The maximum Gasteiger partial charge on any atom is 0.210 e. The zero-order chi connectivity index (χ0) is 23.4. The van der Waals surface area contributed by atoms with Gasteiger partial charge in [-0.15, -0.1) is 0 Å². The lowest BCUT2D eigenvalue weighted by atomic mass is 9.72. The molecule has 1 aliphatic carbocycles. The van der Waals surface area contributed by atoms with Gasteiger partial charge in [0.1, 0.15) is 5.82 Å². The van der Waals surface area contributed by atoms with Crippen LogP contribution in [0.3, 0.4) is 0 Å². The number of ketones is 3. The van der Waals surface area contributed by atoms with Gasteiger partial charge in [0.2, 0.25) is 5.78 Å². The van der Waals surface area contributed by atoms with Crippen LogP contribution in [0.2, 0.25) is 5.02 Å². The lowest BCUT2D eigenvalue weighted by molar-refractivity contribution is 0.0936. The molecule has 0 amide bonds. The van der Waals surface area contributed by atoms with Crippen molar-refractivity contribution in [2.45, 2.75) is 5.92 Å². The van der Waals surface area contributed by atoms with E-state index in [-0.39, 0.29) is 17.3 Å². The summed E-state index contributed by atoms with van der Waals surface area (Å²) in [5, 5.41) is 3.81. The molecule has 3 aromatic carbocycles. The molecule has 1 saturated heterocycles. The average Bonchev–Trinajstić information content (AvgIpc) is 3.35. The van der Waals surface area contributed by atoms with Gasteiger partial charge in [-0.2, -0.15) is 0 Å². The van der Waals surface area contributed by atoms with Gasteiger partial charge >= 0.3 is 0 Å². The summed E-state index contributed by atoms with van der Waals surface area (Å²) in [5.74, 6) is -0.782. The Morgan fingerprint density at radius 2 is 1.59 bits per heavy atom. The second-order valence-electron chi connectivity index (χ2n) is 8.49. The summed E-state index contributed by atoms with van der Waals surface area (Å²) < 4.78 is 0. The van der Waals surface area contributed by atoms with E-state index in [9.17, 15) is 14.4 Å². The zero-order valence-electron chi connectivity index (χ0n) is 18.0. The first-order valence-corrected chi connectivity index (χ1v) is 11.5. The number of carbonyl (C=O) groups excluding carboxylic acids is 3. The Kier molecular flexibility index (Phi) is 4.74. The van der Waals surface area contributed by atoms with E-state index in [4.69, 9.17) is 11.6 Å². The summed E-state index contributed by atoms with van der Waals surface area (Å²) in [6.45, 7) is 1.05. The first-order chi connectivity index (χ1) is 16.6. The second kappa shape index (κ2) is 7.82. The van der Waals surface area contributed by atoms with Crippen LogP contribution in [0, 0.1) is 0 Å². The number of nitrogens with one attached hydrogen (secondary N) is 1. The summed E-state index contributed by atoms with van der Waals surface area (Å²) >= 11 is 6.35. The van der Waals surface area contributed by atoms with Crippen molar-refractivity contribution in [1.82, 2.24) is 10.2 Å². The maximum atomic E-state index is 13.9. The van der Waals surface area contributed by atoms with Crippen LogP contribution in [0.15, 0.2) is 102 Å². The Hall–Kier alpha value is -3.96. The van der Waals surface area contributed by atoms with Crippen molar-refractivity contribution < 1.29 is 14.4 Å². The Bertz CT molecular complexity index is 1460. The van der Waals surface area contributed by atoms with E-state index in [1.54, 1.807) is 54.6 Å². The number of halogens is 1. The Morgan fingerprint density at radius 3 is 2.32 bits per heavy atom. The van der Waals surface area contributed by atoms with E-state index in [0.29, 0.717) is 63.0 Å². The van der Waals surface area contributed by atoms with Crippen molar-refractivity contribution in [1.29, 1.82) is 0 Å². The molecule has 3 aliphatic rings. The van der Waals surface area contributed by atoms with Crippen LogP contribution < -0.4 is 5.32 Å². The SMILES string of the molecule is O=C(C1=C2NCCN2C2=C(C(=O)c3ccccc3C2=O)C1c1cccc(Cl)c1)c1ccccc1. The van der Waals surface area contributed by atoms with Gasteiger partial charge in [0.25, 0.3) is 0 Å². The number of hydrogen-bond acceptors (Lipinski definition) is 5. The first kappa shape index (κ1) is 20.6. The van der Waals surface area contributed by atoms with Crippen LogP contribution in [0.4, 0.5) is 0 Å². The van der Waals surface area contributed by atoms with Gasteiger partial charge in [0.15, 0.2) is 11.6 Å². The van der Waals surface area contributed by atoms with Crippen molar-refractivity contribution in [2.75, 3.05) is 13.1 Å². The fourth-order valence-corrected chi connectivity index (χ4v) is 5.36. The molecule has 166 valence electrons. The number of fused-ring (bicyclic) bond motifs is 3. The number of carbonyl (C=O) groups is 3. The number of nitrogens with zero attached hydrogens (tertiary/aromatic N) is 1. The molecule has 6 rings (SSSR count). The second-order valence-corrected chi connectivity index (χ2v) is 8.93. The monoisotopic (exact) mass is 466 g/mol. The van der Waals surface area contributed by atoms with Gasteiger partial charge in [-0.3, -0.25) is 14.4 Å².